The minimum Gasteiger partial charge on any atom is -0.309 e. The zero-order valence-corrected chi connectivity index (χ0v) is 14.9. The zero-order chi connectivity index (χ0) is 15.4. The molecule has 6 heteroatoms. The van der Waals surface area contributed by atoms with Crippen molar-refractivity contribution in [2.45, 2.75) is 39.7 Å². The number of halogens is 2. The van der Waals surface area contributed by atoms with Gasteiger partial charge in [-0.05, 0) is 53.5 Å². The van der Waals surface area contributed by atoms with Gasteiger partial charge in [0.1, 0.15) is 5.69 Å². The highest BCUT2D eigenvalue weighted by atomic mass is 79.9. The van der Waals surface area contributed by atoms with Crippen LogP contribution in [0.25, 0.3) is 5.69 Å². The molecule has 0 bridgehead atoms. The maximum Gasteiger partial charge on any atom is 0.103 e. The molecule has 0 fully saturated rings. The van der Waals surface area contributed by atoms with Crippen molar-refractivity contribution in [3.8, 4) is 5.69 Å². The van der Waals surface area contributed by atoms with Gasteiger partial charge in [0.2, 0.25) is 0 Å². The summed E-state index contributed by atoms with van der Waals surface area (Å²) >= 11 is 9.68. The standard InChI is InChI=1S/C15H20BrClN4/c1-4-12(18-6-3)15-13(5-2)21(20-19-15)14-9-10(17)7-8-11(14)16/h7-9,12,18H,4-6H2,1-3H3. The second-order valence-corrected chi connectivity index (χ2v) is 6.09. The van der Waals surface area contributed by atoms with Crippen molar-refractivity contribution >= 4 is 27.5 Å². The summed E-state index contributed by atoms with van der Waals surface area (Å²) in [5.74, 6) is 0. The Morgan fingerprint density at radius 3 is 2.71 bits per heavy atom. The Morgan fingerprint density at radius 1 is 1.33 bits per heavy atom. The van der Waals surface area contributed by atoms with E-state index in [1.54, 1.807) is 0 Å². The molecule has 21 heavy (non-hydrogen) atoms. The lowest BCUT2D eigenvalue weighted by Gasteiger charge is -2.15. The molecule has 2 rings (SSSR count). The highest BCUT2D eigenvalue weighted by molar-refractivity contribution is 9.10. The lowest BCUT2D eigenvalue weighted by atomic mass is 10.1. The summed E-state index contributed by atoms with van der Waals surface area (Å²) in [6.07, 6.45) is 1.85. The monoisotopic (exact) mass is 370 g/mol. The van der Waals surface area contributed by atoms with Crippen molar-refractivity contribution < 1.29 is 0 Å². The first-order valence-electron chi connectivity index (χ1n) is 7.25. The first-order valence-corrected chi connectivity index (χ1v) is 8.42. The minimum atomic E-state index is 0.233. The molecule has 0 saturated carbocycles. The molecule has 114 valence electrons. The molecule has 0 aliphatic rings. The fourth-order valence-corrected chi connectivity index (χ4v) is 3.02. The van der Waals surface area contributed by atoms with Crippen LogP contribution in [0.2, 0.25) is 5.02 Å². The Kier molecular flexibility index (Phi) is 5.79. The van der Waals surface area contributed by atoms with E-state index in [1.807, 2.05) is 22.9 Å². The van der Waals surface area contributed by atoms with Crippen LogP contribution in [0.3, 0.4) is 0 Å². The van der Waals surface area contributed by atoms with E-state index in [1.165, 1.54) is 0 Å². The Hall–Kier alpha value is -0.910. The van der Waals surface area contributed by atoms with Crippen LogP contribution in [-0.4, -0.2) is 21.5 Å². The van der Waals surface area contributed by atoms with Gasteiger partial charge in [0, 0.05) is 9.50 Å². The molecule has 2 aromatic rings. The van der Waals surface area contributed by atoms with Crippen LogP contribution in [0.1, 0.15) is 44.6 Å². The van der Waals surface area contributed by atoms with Crippen molar-refractivity contribution in [1.82, 2.24) is 20.3 Å². The number of hydrogen-bond acceptors (Lipinski definition) is 3. The van der Waals surface area contributed by atoms with Crippen LogP contribution in [0.15, 0.2) is 22.7 Å². The van der Waals surface area contributed by atoms with E-state index < -0.39 is 0 Å². The molecular weight excluding hydrogens is 352 g/mol. The van der Waals surface area contributed by atoms with Gasteiger partial charge in [0.15, 0.2) is 0 Å². The van der Waals surface area contributed by atoms with E-state index in [0.29, 0.717) is 5.02 Å². The largest absolute Gasteiger partial charge is 0.309 e. The fourth-order valence-electron chi connectivity index (χ4n) is 2.44. The highest BCUT2D eigenvalue weighted by Crippen LogP contribution is 2.28. The fraction of sp³-hybridized carbons (Fsp3) is 0.467. The summed E-state index contributed by atoms with van der Waals surface area (Å²) in [7, 11) is 0. The van der Waals surface area contributed by atoms with Crippen molar-refractivity contribution in [1.29, 1.82) is 0 Å². The highest BCUT2D eigenvalue weighted by Gasteiger charge is 2.20. The smallest absolute Gasteiger partial charge is 0.103 e. The molecule has 0 radical (unpaired) electrons. The molecular formula is C15H20BrClN4. The lowest BCUT2D eigenvalue weighted by molar-refractivity contribution is 0.520. The van der Waals surface area contributed by atoms with Crippen LogP contribution in [0.5, 0.6) is 0 Å². The number of nitrogens with one attached hydrogen (secondary N) is 1. The predicted octanol–water partition coefficient (Wildman–Crippen LogP) is 4.31. The Bertz CT molecular complexity index is 612. The topological polar surface area (TPSA) is 42.7 Å². The molecule has 0 aliphatic heterocycles. The second-order valence-electron chi connectivity index (χ2n) is 4.80. The van der Waals surface area contributed by atoms with Crippen LogP contribution < -0.4 is 5.32 Å². The van der Waals surface area contributed by atoms with Gasteiger partial charge in [-0.15, -0.1) is 5.10 Å². The first kappa shape index (κ1) is 16.5. The first-order chi connectivity index (χ1) is 10.1. The molecule has 0 saturated heterocycles. The van der Waals surface area contributed by atoms with Gasteiger partial charge in [-0.1, -0.05) is 37.6 Å². The number of benzene rings is 1. The van der Waals surface area contributed by atoms with Crippen molar-refractivity contribution in [2.75, 3.05) is 6.54 Å². The second kappa shape index (κ2) is 7.38. The Balaban J connectivity index is 2.51. The van der Waals surface area contributed by atoms with Crippen molar-refractivity contribution in [2.24, 2.45) is 0 Å². The molecule has 0 amide bonds. The molecule has 1 heterocycles. The molecule has 1 atom stereocenters. The van der Waals surface area contributed by atoms with Crippen LogP contribution in [0.4, 0.5) is 0 Å². The minimum absolute atomic E-state index is 0.233. The van der Waals surface area contributed by atoms with E-state index in [9.17, 15) is 0 Å². The van der Waals surface area contributed by atoms with Crippen LogP contribution in [-0.2, 0) is 6.42 Å². The average molecular weight is 372 g/mol. The number of hydrogen-bond donors (Lipinski definition) is 1. The van der Waals surface area contributed by atoms with Gasteiger partial charge in [-0.25, -0.2) is 4.68 Å². The summed E-state index contributed by atoms with van der Waals surface area (Å²) in [4.78, 5) is 0. The molecule has 1 aromatic carbocycles. The van der Waals surface area contributed by atoms with E-state index >= 15 is 0 Å². The summed E-state index contributed by atoms with van der Waals surface area (Å²) in [5, 5.41) is 12.9. The third kappa shape index (κ3) is 3.47. The van der Waals surface area contributed by atoms with Gasteiger partial charge in [0.25, 0.3) is 0 Å². The Morgan fingerprint density at radius 2 is 2.10 bits per heavy atom. The normalized spacial score (nSPS) is 12.6. The van der Waals surface area contributed by atoms with Gasteiger partial charge >= 0.3 is 0 Å². The third-order valence-electron chi connectivity index (χ3n) is 3.45. The van der Waals surface area contributed by atoms with Gasteiger partial charge in [-0.2, -0.15) is 0 Å². The van der Waals surface area contributed by atoms with Gasteiger partial charge in [-0.3, -0.25) is 0 Å². The summed E-state index contributed by atoms with van der Waals surface area (Å²) in [5.41, 5.74) is 3.06. The number of rotatable bonds is 6. The molecule has 1 aromatic heterocycles. The molecule has 0 aliphatic carbocycles. The van der Waals surface area contributed by atoms with E-state index in [2.05, 4.69) is 52.3 Å². The summed E-state index contributed by atoms with van der Waals surface area (Å²) < 4.78 is 2.83. The van der Waals surface area contributed by atoms with Crippen molar-refractivity contribution in [3.63, 3.8) is 0 Å². The number of aromatic nitrogens is 3. The predicted molar refractivity (Wildman–Crippen MR) is 90.2 cm³/mol. The summed E-state index contributed by atoms with van der Waals surface area (Å²) in [6, 6.07) is 5.92. The quantitative estimate of drug-likeness (QED) is 0.823. The van der Waals surface area contributed by atoms with Crippen LogP contribution in [0, 0.1) is 0 Å². The van der Waals surface area contributed by atoms with Crippen molar-refractivity contribution in [3.05, 3.63) is 39.1 Å². The van der Waals surface area contributed by atoms with Gasteiger partial charge in [0.05, 0.1) is 17.4 Å². The molecule has 4 nitrogen and oxygen atoms in total. The zero-order valence-electron chi connectivity index (χ0n) is 12.5. The SMILES string of the molecule is CCNC(CC)c1nnn(-c2cc(Cl)ccc2Br)c1CC. The maximum absolute atomic E-state index is 6.11. The maximum atomic E-state index is 6.11. The average Bonchev–Trinajstić information content (AvgIpc) is 2.90. The molecule has 1 unspecified atom stereocenters. The van der Waals surface area contributed by atoms with Crippen LogP contribution >= 0.6 is 27.5 Å². The van der Waals surface area contributed by atoms with E-state index in [4.69, 9.17) is 11.6 Å². The third-order valence-corrected chi connectivity index (χ3v) is 4.36. The van der Waals surface area contributed by atoms with E-state index in [0.717, 1.165) is 40.9 Å². The van der Waals surface area contributed by atoms with Gasteiger partial charge < -0.3 is 5.32 Å². The Labute approximate surface area is 139 Å². The molecule has 1 N–H and O–H groups in total. The lowest BCUT2D eigenvalue weighted by Crippen LogP contribution is -2.21. The molecule has 0 spiro atoms. The summed E-state index contributed by atoms with van der Waals surface area (Å²) in [6.45, 7) is 7.29. The van der Waals surface area contributed by atoms with E-state index in [-0.39, 0.29) is 6.04 Å². The number of nitrogens with zero attached hydrogens (tertiary/aromatic N) is 3.